The molecule has 0 aromatic rings. The second kappa shape index (κ2) is 3.58. The summed E-state index contributed by atoms with van der Waals surface area (Å²) in [5.41, 5.74) is 6.53. The molecular formula is C11H22N2. The molecule has 0 radical (unpaired) electrons. The first-order valence-corrected chi connectivity index (χ1v) is 5.68. The number of hydrogen-bond acceptors (Lipinski definition) is 2. The van der Waals surface area contributed by atoms with Gasteiger partial charge in [-0.05, 0) is 38.1 Å². The van der Waals surface area contributed by atoms with E-state index in [9.17, 15) is 0 Å². The van der Waals surface area contributed by atoms with Crippen molar-refractivity contribution in [3.63, 3.8) is 0 Å². The first kappa shape index (κ1) is 9.47. The van der Waals surface area contributed by atoms with Crippen molar-refractivity contribution >= 4 is 0 Å². The van der Waals surface area contributed by atoms with Crippen molar-refractivity contribution in [1.82, 2.24) is 4.90 Å². The second-order valence-electron chi connectivity index (χ2n) is 5.17. The van der Waals surface area contributed by atoms with Crippen LogP contribution in [0.3, 0.4) is 0 Å². The highest BCUT2D eigenvalue weighted by Gasteiger charge is 2.39. The van der Waals surface area contributed by atoms with Crippen LogP contribution in [0.4, 0.5) is 0 Å². The molecule has 13 heavy (non-hydrogen) atoms. The molecule has 0 amide bonds. The summed E-state index contributed by atoms with van der Waals surface area (Å²) >= 11 is 0. The third-order valence-electron chi connectivity index (χ3n) is 3.73. The van der Waals surface area contributed by atoms with Gasteiger partial charge in [0.1, 0.15) is 0 Å². The molecule has 2 fully saturated rings. The summed E-state index contributed by atoms with van der Waals surface area (Å²) in [6, 6.07) is 0.344. The van der Waals surface area contributed by atoms with Crippen LogP contribution in [0.25, 0.3) is 0 Å². The van der Waals surface area contributed by atoms with Crippen molar-refractivity contribution in [2.24, 2.45) is 11.1 Å². The van der Waals surface area contributed by atoms with Crippen LogP contribution in [0.15, 0.2) is 0 Å². The molecule has 1 atom stereocenters. The molecule has 76 valence electrons. The van der Waals surface area contributed by atoms with Gasteiger partial charge in [-0.1, -0.05) is 12.8 Å². The maximum Gasteiger partial charge on any atom is 0.0139 e. The fourth-order valence-corrected chi connectivity index (χ4v) is 3.12. The third-order valence-corrected chi connectivity index (χ3v) is 3.73. The minimum Gasteiger partial charge on any atom is -0.327 e. The Balaban J connectivity index is 1.86. The van der Waals surface area contributed by atoms with Gasteiger partial charge in [0.25, 0.3) is 0 Å². The lowest BCUT2D eigenvalue weighted by molar-refractivity contribution is 0.254. The van der Waals surface area contributed by atoms with Gasteiger partial charge in [-0.25, -0.2) is 0 Å². The van der Waals surface area contributed by atoms with E-state index in [2.05, 4.69) is 11.8 Å². The van der Waals surface area contributed by atoms with E-state index in [-0.39, 0.29) is 0 Å². The number of nitrogens with two attached hydrogens (primary N) is 1. The van der Waals surface area contributed by atoms with E-state index in [1.807, 2.05) is 0 Å². The van der Waals surface area contributed by atoms with Crippen molar-refractivity contribution in [2.75, 3.05) is 19.6 Å². The molecule has 0 unspecified atom stereocenters. The quantitative estimate of drug-likeness (QED) is 0.703. The Kier molecular flexibility index (Phi) is 2.61. The lowest BCUT2D eigenvalue weighted by Gasteiger charge is -2.24. The fraction of sp³-hybridized carbons (Fsp3) is 1.00. The predicted molar refractivity (Wildman–Crippen MR) is 55.6 cm³/mol. The average molecular weight is 182 g/mol. The highest BCUT2D eigenvalue weighted by atomic mass is 15.2. The van der Waals surface area contributed by atoms with Crippen LogP contribution in [-0.4, -0.2) is 30.6 Å². The first-order valence-electron chi connectivity index (χ1n) is 5.68. The molecule has 1 spiro atoms. The van der Waals surface area contributed by atoms with Gasteiger partial charge in [0, 0.05) is 19.1 Å². The Bertz CT molecular complexity index is 171. The van der Waals surface area contributed by atoms with Gasteiger partial charge in [-0.15, -0.1) is 0 Å². The van der Waals surface area contributed by atoms with E-state index < -0.39 is 0 Å². The Labute approximate surface area is 81.5 Å². The van der Waals surface area contributed by atoms with Crippen molar-refractivity contribution < 1.29 is 0 Å². The summed E-state index contributed by atoms with van der Waals surface area (Å²) in [7, 11) is 0. The van der Waals surface area contributed by atoms with Crippen LogP contribution in [0.1, 0.15) is 39.0 Å². The van der Waals surface area contributed by atoms with Crippen molar-refractivity contribution in [2.45, 2.75) is 45.1 Å². The van der Waals surface area contributed by atoms with Gasteiger partial charge in [-0.2, -0.15) is 0 Å². The molecule has 1 heterocycles. The highest BCUT2D eigenvalue weighted by Crippen LogP contribution is 2.45. The summed E-state index contributed by atoms with van der Waals surface area (Å²) in [5, 5.41) is 0. The topological polar surface area (TPSA) is 29.3 Å². The zero-order chi connectivity index (χ0) is 9.31. The summed E-state index contributed by atoms with van der Waals surface area (Å²) in [4.78, 5) is 2.57. The van der Waals surface area contributed by atoms with E-state index >= 15 is 0 Å². The third kappa shape index (κ3) is 2.05. The largest absolute Gasteiger partial charge is 0.327 e. The molecule has 1 aliphatic heterocycles. The number of rotatable bonds is 2. The molecule has 2 heteroatoms. The molecule has 1 saturated heterocycles. The van der Waals surface area contributed by atoms with E-state index in [0.717, 1.165) is 12.0 Å². The number of likely N-dealkylation sites (tertiary alicyclic amines) is 1. The molecule has 2 aliphatic rings. The monoisotopic (exact) mass is 182 g/mol. The van der Waals surface area contributed by atoms with Crippen LogP contribution in [0, 0.1) is 5.41 Å². The van der Waals surface area contributed by atoms with Gasteiger partial charge in [0.2, 0.25) is 0 Å². The highest BCUT2D eigenvalue weighted by molar-refractivity contribution is 4.93. The molecular weight excluding hydrogens is 160 g/mol. The van der Waals surface area contributed by atoms with E-state index in [4.69, 9.17) is 5.73 Å². The molecule has 0 aromatic heterocycles. The Morgan fingerprint density at radius 2 is 2.00 bits per heavy atom. The Morgan fingerprint density at radius 1 is 1.31 bits per heavy atom. The van der Waals surface area contributed by atoms with E-state index in [1.54, 1.807) is 0 Å². The molecule has 2 nitrogen and oxygen atoms in total. The summed E-state index contributed by atoms with van der Waals surface area (Å²) in [5.74, 6) is 0. The lowest BCUT2D eigenvalue weighted by Crippen LogP contribution is -2.35. The Hall–Kier alpha value is -0.0800. The van der Waals surface area contributed by atoms with Gasteiger partial charge in [0.15, 0.2) is 0 Å². The Morgan fingerprint density at radius 3 is 2.62 bits per heavy atom. The van der Waals surface area contributed by atoms with Gasteiger partial charge in [0.05, 0.1) is 0 Å². The predicted octanol–water partition coefficient (Wildman–Crippen LogP) is 1.60. The summed E-state index contributed by atoms with van der Waals surface area (Å²) in [6.07, 6.45) is 7.31. The second-order valence-corrected chi connectivity index (χ2v) is 5.17. The van der Waals surface area contributed by atoms with Gasteiger partial charge >= 0.3 is 0 Å². The van der Waals surface area contributed by atoms with Crippen LogP contribution >= 0.6 is 0 Å². The van der Waals surface area contributed by atoms with Crippen LogP contribution in [-0.2, 0) is 0 Å². The SMILES string of the molecule is C[C@H](N)CN1CCC2(CCCC2)C1. The number of hydrogen-bond donors (Lipinski definition) is 1. The van der Waals surface area contributed by atoms with Crippen LogP contribution in [0.5, 0.6) is 0 Å². The molecule has 2 N–H and O–H groups in total. The van der Waals surface area contributed by atoms with E-state index in [1.165, 1.54) is 45.2 Å². The summed E-state index contributed by atoms with van der Waals surface area (Å²) in [6.45, 7) is 5.83. The zero-order valence-electron chi connectivity index (χ0n) is 8.76. The maximum atomic E-state index is 5.82. The van der Waals surface area contributed by atoms with Crippen molar-refractivity contribution in [3.05, 3.63) is 0 Å². The molecule has 1 saturated carbocycles. The van der Waals surface area contributed by atoms with Gasteiger partial charge in [-0.3, -0.25) is 0 Å². The molecule has 2 rings (SSSR count). The number of nitrogens with zero attached hydrogens (tertiary/aromatic N) is 1. The molecule has 1 aliphatic carbocycles. The normalized spacial score (nSPS) is 30.0. The van der Waals surface area contributed by atoms with Crippen LogP contribution < -0.4 is 5.73 Å². The first-order chi connectivity index (χ1) is 6.20. The standard InChI is InChI=1S/C11H22N2/c1-10(12)8-13-7-6-11(9-13)4-2-3-5-11/h10H,2-9,12H2,1H3/t10-/m0/s1. The van der Waals surface area contributed by atoms with Crippen molar-refractivity contribution in [3.8, 4) is 0 Å². The summed E-state index contributed by atoms with van der Waals surface area (Å²) < 4.78 is 0. The van der Waals surface area contributed by atoms with Crippen LogP contribution in [0.2, 0.25) is 0 Å². The average Bonchev–Trinajstić information content (AvgIpc) is 2.63. The zero-order valence-corrected chi connectivity index (χ0v) is 8.76. The molecule has 0 aromatic carbocycles. The molecule has 0 bridgehead atoms. The minimum absolute atomic E-state index is 0.344. The maximum absolute atomic E-state index is 5.82. The smallest absolute Gasteiger partial charge is 0.0139 e. The fourth-order valence-electron chi connectivity index (χ4n) is 3.12. The lowest BCUT2D eigenvalue weighted by atomic mass is 9.86. The van der Waals surface area contributed by atoms with Crippen molar-refractivity contribution in [1.29, 1.82) is 0 Å². The van der Waals surface area contributed by atoms with E-state index in [0.29, 0.717) is 6.04 Å². The minimum atomic E-state index is 0.344. The van der Waals surface area contributed by atoms with Gasteiger partial charge < -0.3 is 10.6 Å².